The van der Waals surface area contributed by atoms with Crippen LogP contribution in [0.15, 0.2) is 30.3 Å². The summed E-state index contributed by atoms with van der Waals surface area (Å²) in [7, 11) is 0. The zero-order chi connectivity index (χ0) is 13.8. The lowest BCUT2D eigenvalue weighted by Crippen LogP contribution is -2.60. The van der Waals surface area contributed by atoms with E-state index in [1.165, 1.54) is 31.2 Å². The zero-order valence-corrected chi connectivity index (χ0v) is 12.2. The first-order valence-corrected chi connectivity index (χ1v) is 7.93. The van der Waals surface area contributed by atoms with Gasteiger partial charge in [0.15, 0.2) is 0 Å². The van der Waals surface area contributed by atoms with Crippen molar-refractivity contribution in [1.29, 1.82) is 0 Å². The molecule has 0 aromatic heterocycles. The third-order valence-corrected chi connectivity index (χ3v) is 5.05. The molecule has 1 aromatic carbocycles. The van der Waals surface area contributed by atoms with Crippen LogP contribution in [0.1, 0.15) is 43.7 Å². The number of hydrogen-bond acceptors (Lipinski definition) is 2. The highest BCUT2D eigenvalue weighted by atomic mass is 19.1. The first-order chi connectivity index (χ1) is 9.84. The van der Waals surface area contributed by atoms with Crippen molar-refractivity contribution in [3.8, 4) is 0 Å². The summed E-state index contributed by atoms with van der Waals surface area (Å²) < 4.78 is 12.6. The van der Waals surface area contributed by atoms with E-state index in [9.17, 15) is 4.39 Å². The SMILES string of the molecule is FCCCN1CC(c2ccccc2)NCC12CCCC2. The highest BCUT2D eigenvalue weighted by Gasteiger charge is 2.43. The number of benzene rings is 1. The van der Waals surface area contributed by atoms with E-state index in [-0.39, 0.29) is 6.67 Å². The van der Waals surface area contributed by atoms with Gasteiger partial charge in [0.2, 0.25) is 0 Å². The standard InChI is InChI=1S/C17H25FN2/c18-11-6-12-20-13-16(15-7-2-1-3-8-15)19-14-17(20)9-4-5-10-17/h1-3,7-8,16,19H,4-6,9-14H2. The Hall–Kier alpha value is -0.930. The smallest absolute Gasteiger partial charge is 0.0906 e. The Morgan fingerprint density at radius 3 is 2.65 bits per heavy atom. The van der Waals surface area contributed by atoms with Gasteiger partial charge in [0.25, 0.3) is 0 Å². The fraction of sp³-hybridized carbons (Fsp3) is 0.647. The molecule has 1 aliphatic heterocycles. The predicted molar refractivity (Wildman–Crippen MR) is 80.5 cm³/mol. The molecule has 2 aliphatic rings. The first kappa shape index (κ1) is 14.0. The highest BCUT2D eigenvalue weighted by Crippen LogP contribution is 2.38. The van der Waals surface area contributed by atoms with Crippen LogP contribution in [0.4, 0.5) is 4.39 Å². The number of piperazine rings is 1. The largest absolute Gasteiger partial charge is 0.307 e. The Labute approximate surface area is 121 Å². The quantitative estimate of drug-likeness (QED) is 0.907. The Kier molecular flexibility index (Phi) is 4.37. The fourth-order valence-electron chi connectivity index (χ4n) is 3.92. The van der Waals surface area contributed by atoms with E-state index in [2.05, 4.69) is 40.5 Å². The molecule has 1 N–H and O–H groups in total. The summed E-state index contributed by atoms with van der Waals surface area (Å²) in [6, 6.07) is 11.0. The van der Waals surface area contributed by atoms with Crippen molar-refractivity contribution >= 4 is 0 Å². The van der Waals surface area contributed by atoms with Gasteiger partial charge in [-0.2, -0.15) is 0 Å². The van der Waals surface area contributed by atoms with E-state index in [4.69, 9.17) is 0 Å². The molecule has 1 saturated carbocycles. The normalized spacial score (nSPS) is 26.1. The van der Waals surface area contributed by atoms with Crippen molar-refractivity contribution in [1.82, 2.24) is 10.2 Å². The molecule has 2 nitrogen and oxygen atoms in total. The summed E-state index contributed by atoms with van der Waals surface area (Å²) in [4.78, 5) is 2.58. The number of halogens is 1. The van der Waals surface area contributed by atoms with Crippen molar-refractivity contribution in [3.63, 3.8) is 0 Å². The first-order valence-electron chi connectivity index (χ1n) is 7.93. The summed E-state index contributed by atoms with van der Waals surface area (Å²) in [6.07, 6.45) is 5.86. The molecular formula is C17H25FN2. The van der Waals surface area contributed by atoms with Crippen LogP contribution in [-0.2, 0) is 0 Å². The molecule has 1 aliphatic carbocycles. The summed E-state index contributed by atoms with van der Waals surface area (Å²) in [6.45, 7) is 2.78. The fourth-order valence-corrected chi connectivity index (χ4v) is 3.92. The maximum Gasteiger partial charge on any atom is 0.0906 e. The van der Waals surface area contributed by atoms with Crippen LogP contribution in [0, 0.1) is 0 Å². The van der Waals surface area contributed by atoms with Gasteiger partial charge in [-0.1, -0.05) is 43.2 Å². The van der Waals surface area contributed by atoms with E-state index in [1.54, 1.807) is 0 Å². The predicted octanol–water partition coefficient (Wildman–Crippen LogP) is 3.31. The Bertz CT molecular complexity index is 414. The number of nitrogens with zero attached hydrogens (tertiary/aromatic N) is 1. The van der Waals surface area contributed by atoms with Gasteiger partial charge >= 0.3 is 0 Å². The Morgan fingerprint density at radius 1 is 1.20 bits per heavy atom. The van der Waals surface area contributed by atoms with E-state index < -0.39 is 0 Å². The van der Waals surface area contributed by atoms with Crippen molar-refractivity contribution < 1.29 is 4.39 Å². The monoisotopic (exact) mass is 276 g/mol. The molecule has 20 heavy (non-hydrogen) atoms. The third kappa shape index (κ3) is 2.75. The van der Waals surface area contributed by atoms with Gasteiger partial charge in [-0.25, -0.2) is 0 Å². The van der Waals surface area contributed by atoms with Crippen molar-refractivity contribution in [2.24, 2.45) is 0 Å². The maximum absolute atomic E-state index is 12.6. The molecule has 1 saturated heterocycles. The number of rotatable bonds is 4. The minimum absolute atomic E-state index is 0.198. The maximum atomic E-state index is 12.6. The molecule has 1 aromatic rings. The van der Waals surface area contributed by atoms with Crippen LogP contribution < -0.4 is 5.32 Å². The van der Waals surface area contributed by atoms with Crippen LogP contribution in [-0.4, -0.2) is 36.7 Å². The molecule has 1 heterocycles. The lowest BCUT2D eigenvalue weighted by Gasteiger charge is -2.48. The summed E-state index contributed by atoms with van der Waals surface area (Å²) >= 11 is 0. The van der Waals surface area contributed by atoms with Gasteiger partial charge in [0.1, 0.15) is 0 Å². The lowest BCUT2D eigenvalue weighted by molar-refractivity contribution is 0.0402. The molecule has 0 amide bonds. The highest BCUT2D eigenvalue weighted by molar-refractivity contribution is 5.21. The molecule has 3 heteroatoms. The van der Waals surface area contributed by atoms with Crippen LogP contribution in [0.2, 0.25) is 0 Å². The second-order valence-corrected chi connectivity index (χ2v) is 6.26. The lowest BCUT2D eigenvalue weighted by atomic mass is 9.89. The molecule has 1 unspecified atom stereocenters. The molecule has 2 fully saturated rings. The van der Waals surface area contributed by atoms with Crippen molar-refractivity contribution in [2.45, 2.75) is 43.7 Å². The van der Waals surface area contributed by atoms with Gasteiger partial charge in [-0.15, -0.1) is 0 Å². The van der Waals surface area contributed by atoms with E-state index >= 15 is 0 Å². The number of hydrogen-bond donors (Lipinski definition) is 1. The number of alkyl halides is 1. The van der Waals surface area contributed by atoms with Crippen molar-refractivity contribution in [3.05, 3.63) is 35.9 Å². The average molecular weight is 276 g/mol. The van der Waals surface area contributed by atoms with Gasteiger partial charge in [-0.3, -0.25) is 9.29 Å². The molecule has 0 bridgehead atoms. The van der Waals surface area contributed by atoms with E-state index in [0.29, 0.717) is 18.0 Å². The van der Waals surface area contributed by atoms with Crippen LogP contribution in [0.25, 0.3) is 0 Å². The van der Waals surface area contributed by atoms with Gasteiger partial charge in [0, 0.05) is 31.2 Å². The van der Waals surface area contributed by atoms with E-state index in [1.807, 2.05) is 0 Å². The molecule has 110 valence electrons. The molecule has 3 rings (SSSR count). The van der Waals surface area contributed by atoms with Crippen LogP contribution >= 0.6 is 0 Å². The average Bonchev–Trinajstić information content (AvgIpc) is 2.97. The van der Waals surface area contributed by atoms with Gasteiger partial charge in [0.05, 0.1) is 6.67 Å². The van der Waals surface area contributed by atoms with Crippen LogP contribution in [0.5, 0.6) is 0 Å². The molecule has 1 spiro atoms. The van der Waals surface area contributed by atoms with E-state index in [0.717, 1.165) is 19.6 Å². The summed E-state index contributed by atoms with van der Waals surface area (Å²) in [5, 5.41) is 3.74. The summed E-state index contributed by atoms with van der Waals surface area (Å²) in [5.74, 6) is 0. The number of nitrogens with one attached hydrogen (secondary N) is 1. The molecular weight excluding hydrogens is 251 g/mol. The summed E-state index contributed by atoms with van der Waals surface area (Å²) in [5.41, 5.74) is 1.66. The van der Waals surface area contributed by atoms with Crippen LogP contribution in [0.3, 0.4) is 0 Å². The molecule has 1 atom stereocenters. The zero-order valence-electron chi connectivity index (χ0n) is 12.2. The second-order valence-electron chi connectivity index (χ2n) is 6.26. The topological polar surface area (TPSA) is 15.3 Å². The second kappa shape index (κ2) is 6.23. The minimum atomic E-state index is -0.198. The van der Waals surface area contributed by atoms with Gasteiger partial charge < -0.3 is 5.32 Å². The van der Waals surface area contributed by atoms with Crippen molar-refractivity contribution in [2.75, 3.05) is 26.3 Å². The Morgan fingerprint density at radius 2 is 1.95 bits per heavy atom. The Balaban J connectivity index is 1.73. The minimum Gasteiger partial charge on any atom is -0.307 e. The molecule has 0 radical (unpaired) electrons. The third-order valence-electron chi connectivity index (χ3n) is 5.05. The van der Waals surface area contributed by atoms with Gasteiger partial charge in [-0.05, 0) is 24.8 Å².